The van der Waals surface area contributed by atoms with Crippen LogP contribution in [0.2, 0.25) is 0 Å². The van der Waals surface area contributed by atoms with Crippen LogP contribution in [-0.4, -0.2) is 30.1 Å². The molecular weight excluding hydrogens is 306 g/mol. The Morgan fingerprint density at radius 3 is 2.42 bits per heavy atom. The molecule has 1 unspecified atom stereocenters. The van der Waals surface area contributed by atoms with Gasteiger partial charge in [0.15, 0.2) is 6.61 Å². The summed E-state index contributed by atoms with van der Waals surface area (Å²) in [5.74, 6) is -1.16. The molecule has 0 radical (unpaired) electrons. The van der Waals surface area contributed by atoms with E-state index in [1.54, 1.807) is 19.1 Å². The van der Waals surface area contributed by atoms with Gasteiger partial charge in [-0.15, -0.1) is 0 Å². The van der Waals surface area contributed by atoms with Crippen LogP contribution in [0.5, 0.6) is 5.75 Å². The third-order valence-electron chi connectivity index (χ3n) is 3.67. The summed E-state index contributed by atoms with van der Waals surface area (Å²) in [7, 11) is 0. The first-order valence-corrected chi connectivity index (χ1v) is 7.82. The number of hydrogen-bond acceptors (Lipinski definition) is 4. The van der Waals surface area contributed by atoms with Crippen molar-refractivity contribution in [2.75, 3.05) is 13.2 Å². The molecule has 2 rings (SSSR count). The Labute approximate surface area is 141 Å². The van der Waals surface area contributed by atoms with E-state index in [0.29, 0.717) is 6.54 Å². The number of ether oxygens (including phenoxy) is 1. The first-order chi connectivity index (χ1) is 11.6. The molecule has 0 aliphatic carbocycles. The lowest BCUT2D eigenvalue weighted by Crippen LogP contribution is -2.31. The fourth-order valence-electron chi connectivity index (χ4n) is 2.20. The van der Waals surface area contributed by atoms with E-state index in [2.05, 4.69) is 5.32 Å². The van der Waals surface area contributed by atoms with E-state index in [0.717, 1.165) is 17.5 Å². The van der Waals surface area contributed by atoms with Crippen LogP contribution >= 0.6 is 0 Å². The summed E-state index contributed by atoms with van der Waals surface area (Å²) in [6.07, 6.45) is 0.727. The second kappa shape index (κ2) is 8.72. The number of carbonyl (C=O) groups is 2. The molecule has 0 saturated carbocycles. The van der Waals surface area contributed by atoms with E-state index in [1.165, 1.54) is 12.1 Å². The highest BCUT2D eigenvalue weighted by atomic mass is 16.5. The summed E-state index contributed by atoms with van der Waals surface area (Å²) in [5.41, 5.74) is 1.86. The summed E-state index contributed by atoms with van der Waals surface area (Å²) < 4.78 is 5.04. The molecule has 24 heavy (non-hydrogen) atoms. The van der Waals surface area contributed by atoms with Crippen molar-refractivity contribution in [2.24, 2.45) is 0 Å². The van der Waals surface area contributed by atoms with Crippen molar-refractivity contribution >= 4 is 11.9 Å². The lowest BCUT2D eigenvalue weighted by Gasteiger charge is -2.12. The third kappa shape index (κ3) is 5.43. The fraction of sp³-hybridized carbons (Fsp3) is 0.263. The predicted molar refractivity (Wildman–Crippen MR) is 90.6 cm³/mol. The fourth-order valence-corrected chi connectivity index (χ4v) is 2.20. The Morgan fingerprint density at radius 2 is 1.75 bits per heavy atom. The normalized spacial score (nSPS) is 11.5. The maximum Gasteiger partial charge on any atom is 0.313 e. The van der Waals surface area contributed by atoms with Crippen molar-refractivity contribution in [3.63, 3.8) is 0 Å². The summed E-state index contributed by atoms with van der Waals surface area (Å²) in [6.45, 7) is 1.89. The molecule has 126 valence electrons. The van der Waals surface area contributed by atoms with Gasteiger partial charge in [-0.1, -0.05) is 42.5 Å². The molecule has 0 aliphatic rings. The van der Waals surface area contributed by atoms with Gasteiger partial charge in [-0.25, -0.2) is 0 Å². The van der Waals surface area contributed by atoms with E-state index in [4.69, 9.17) is 4.74 Å². The van der Waals surface area contributed by atoms with E-state index in [1.807, 2.05) is 30.3 Å². The van der Waals surface area contributed by atoms with Crippen LogP contribution < -0.4 is 5.32 Å². The van der Waals surface area contributed by atoms with Crippen LogP contribution in [0.1, 0.15) is 24.0 Å². The van der Waals surface area contributed by atoms with E-state index < -0.39 is 11.9 Å². The van der Waals surface area contributed by atoms with E-state index in [9.17, 15) is 14.7 Å². The molecule has 2 N–H and O–H groups in total. The average molecular weight is 327 g/mol. The molecule has 0 spiro atoms. The number of esters is 1. The minimum absolute atomic E-state index is 0.136. The van der Waals surface area contributed by atoms with Gasteiger partial charge < -0.3 is 15.2 Å². The van der Waals surface area contributed by atoms with Crippen LogP contribution in [0.4, 0.5) is 0 Å². The summed E-state index contributed by atoms with van der Waals surface area (Å²) in [4.78, 5) is 23.7. The van der Waals surface area contributed by atoms with E-state index >= 15 is 0 Å². The third-order valence-corrected chi connectivity index (χ3v) is 3.67. The largest absolute Gasteiger partial charge is 0.508 e. The van der Waals surface area contributed by atoms with Crippen molar-refractivity contribution in [3.05, 3.63) is 65.7 Å². The highest BCUT2D eigenvalue weighted by Gasteiger charge is 2.17. The molecular formula is C19H21NO4. The SMILES string of the molecule is CC(C(=O)OCC(=O)NCCc1ccccc1)c1ccc(O)cc1. The van der Waals surface area contributed by atoms with Gasteiger partial charge in [0, 0.05) is 6.54 Å². The molecule has 5 nitrogen and oxygen atoms in total. The molecule has 1 atom stereocenters. The highest BCUT2D eigenvalue weighted by molar-refractivity contribution is 5.83. The van der Waals surface area contributed by atoms with E-state index in [-0.39, 0.29) is 18.3 Å². The number of phenolic OH excluding ortho intramolecular Hbond substituents is 1. The lowest BCUT2D eigenvalue weighted by molar-refractivity contribution is -0.149. The van der Waals surface area contributed by atoms with Gasteiger partial charge in [0.05, 0.1) is 5.92 Å². The molecule has 2 aromatic carbocycles. The number of rotatable bonds is 7. The predicted octanol–water partition coefficient (Wildman–Crippen LogP) is 2.40. The molecule has 0 bridgehead atoms. The Kier molecular flexibility index (Phi) is 6.37. The number of amides is 1. The standard InChI is InChI=1S/C19H21NO4/c1-14(16-7-9-17(21)10-8-16)19(23)24-13-18(22)20-12-11-15-5-3-2-4-6-15/h2-10,14,21H,11-13H2,1H3,(H,20,22). The van der Waals surface area contributed by atoms with Gasteiger partial charge in [0.25, 0.3) is 5.91 Å². The average Bonchev–Trinajstić information content (AvgIpc) is 2.60. The Morgan fingerprint density at radius 1 is 1.08 bits per heavy atom. The first kappa shape index (κ1) is 17.5. The van der Waals surface area contributed by atoms with Gasteiger partial charge in [0.2, 0.25) is 0 Å². The van der Waals surface area contributed by atoms with Crippen molar-refractivity contribution < 1.29 is 19.4 Å². The molecule has 5 heteroatoms. The van der Waals surface area contributed by atoms with Crippen LogP contribution in [0.15, 0.2) is 54.6 Å². The van der Waals surface area contributed by atoms with Crippen LogP contribution in [0, 0.1) is 0 Å². The van der Waals surface area contributed by atoms with Gasteiger partial charge in [0.1, 0.15) is 5.75 Å². The second-order valence-corrected chi connectivity index (χ2v) is 5.51. The first-order valence-electron chi connectivity index (χ1n) is 7.82. The number of nitrogens with one attached hydrogen (secondary N) is 1. The Balaban J connectivity index is 1.70. The maximum absolute atomic E-state index is 12.0. The maximum atomic E-state index is 12.0. The summed E-state index contributed by atoms with van der Waals surface area (Å²) in [6, 6.07) is 16.1. The quantitative estimate of drug-likeness (QED) is 0.766. The smallest absolute Gasteiger partial charge is 0.313 e. The molecule has 1 amide bonds. The van der Waals surface area contributed by atoms with Crippen LogP contribution in [-0.2, 0) is 20.7 Å². The molecule has 2 aromatic rings. The molecule has 0 aliphatic heterocycles. The zero-order valence-corrected chi connectivity index (χ0v) is 13.6. The number of hydrogen-bond donors (Lipinski definition) is 2. The second-order valence-electron chi connectivity index (χ2n) is 5.51. The minimum Gasteiger partial charge on any atom is -0.508 e. The minimum atomic E-state index is -0.497. The van der Waals surface area contributed by atoms with Crippen molar-refractivity contribution in [1.82, 2.24) is 5.32 Å². The van der Waals surface area contributed by atoms with Gasteiger partial charge in [-0.3, -0.25) is 9.59 Å². The lowest BCUT2D eigenvalue weighted by atomic mass is 10.0. The molecule has 0 saturated heterocycles. The number of benzene rings is 2. The van der Waals surface area contributed by atoms with Crippen LogP contribution in [0.3, 0.4) is 0 Å². The number of carbonyl (C=O) groups excluding carboxylic acids is 2. The molecule has 0 fully saturated rings. The molecule has 0 heterocycles. The topological polar surface area (TPSA) is 75.6 Å². The number of phenols is 1. The van der Waals surface area contributed by atoms with Gasteiger partial charge >= 0.3 is 5.97 Å². The van der Waals surface area contributed by atoms with Gasteiger partial charge in [-0.05, 0) is 36.6 Å². The highest BCUT2D eigenvalue weighted by Crippen LogP contribution is 2.19. The van der Waals surface area contributed by atoms with Gasteiger partial charge in [-0.2, -0.15) is 0 Å². The molecule has 0 aromatic heterocycles. The van der Waals surface area contributed by atoms with Crippen LogP contribution in [0.25, 0.3) is 0 Å². The monoisotopic (exact) mass is 327 g/mol. The summed E-state index contributed by atoms with van der Waals surface area (Å²) >= 11 is 0. The van der Waals surface area contributed by atoms with Crippen molar-refractivity contribution in [3.8, 4) is 5.75 Å². The van der Waals surface area contributed by atoms with Crippen molar-refractivity contribution in [2.45, 2.75) is 19.3 Å². The Bertz CT molecular complexity index is 668. The zero-order valence-electron chi connectivity index (χ0n) is 13.6. The summed E-state index contributed by atoms with van der Waals surface area (Å²) in [5, 5.41) is 12.0. The van der Waals surface area contributed by atoms with Crippen molar-refractivity contribution in [1.29, 1.82) is 0 Å². The number of aromatic hydroxyl groups is 1. The zero-order chi connectivity index (χ0) is 17.4. The Hall–Kier alpha value is -2.82.